The standard InChI is InChI=1S/C15H23N3O2S/c1-9(2)13-16-10(3)12(14(17-13)21-4)15(20)18-7-5-6-11(19)8-18/h9,11,19H,5-8H2,1-4H3. The van der Waals surface area contributed by atoms with Gasteiger partial charge < -0.3 is 10.0 Å². The van der Waals surface area contributed by atoms with E-state index < -0.39 is 6.10 Å². The normalized spacial score (nSPS) is 19.1. The lowest BCUT2D eigenvalue weighted by Gasteiger charge is -2.30. The van der Waals surface area contributed by atoms with E-state index in [4.69, 9.17) is 0 Å². The van der Waals surface area contributed by atoms with Gasteiger partial charge in [-0.05, 0) is 26.0 Å². The van der Waals surface area contributed by atoms with Gasteiger partial charge in [0.15, 0.2) is 0 Å². The van der Waals surface area contributed by atoms with Crippen LogP contribution in [0, 0.1) is 6.92 Å². The van der Waals surface area contributed by atoms with Crippen molar-refractivity contribution in [3.63, 3.8) is 0 Å². The van der Waals surface area contributed by atoms with E-state index in [9.17, 15) is 9.90 Å². The highest BCUT2D eigenvalue weighted by atomic mass is 32.2. The minimum Gasteiger partial charge on any atom is -0.391 e. The molecule has 1 saturated heterocycles. The second kappa shape index (κ2) is 6.75. The Hall–Kier alpha value is -1.14. The van der Waals surface area contributed by atoms with Crippen molar-refractivity contribution in [2.45, 2.75) is 50.7 Å². The van der Waals surface area contributed by atoms with Gasteiger partial charge in [-0.3, -0.25) is 4.79 Å². The van der Waals surface area contributed by atoms with Crippen molar-refractivity contribution in [1.82, 2.24) is 14.9 Å². The van der Waals surface area contributed by atoms with Gasteiger partial charge in [-0.1, -0.05) is 13.8 Å². The Balaban J connectivity index is 2.36. The van der Waals surface area contributed by atoms with Crippen LogP contribution in [0.2, 0.25) is 0 Å². The average Bonchev–Trinajstić information content (AvgIpc) is 2.45. The highest BCUT2D eigenvalue weighted by molar-refractivity contribution is 7.98. The van der Waals surface area contributed by atoms with E-state index in [1.807, 2.05) is 27.0 Å². The van der Waals surface area contributed by atoms with Crippen molar-refractivity contribution in [2.75, 3.05) is 19.3 Å². The number of carbonyl (C=O) groups excluding carboxylic acids is 1. The molecule has 6 heteroatoms. The molecular formula is C15H23N3O2S. The fourth-order valence-electron chi connectivity index (χ4n) is 2.52. The summed E-state index contributed by atoms with van der Waals surface area (Å²) in [5.41, 5.74) is 1.31. The van der Waals surface area contributed by atoms with Gasteiger partial charge in [-0.25, -0.2) is 9.97 Å². The third-order valence-electron chi connectivity index (χ3n) is 3.68. The van der Waals surface area contributed by atoms with Crippen LogP contribution in [0.25, 0.3) is 0 Å². The molecule has 5 nitrogen and oxygen atoms in total. The summed E-state index contributed by atoms with van der Waals surface area (Å²) in [5.74, 6) is 0.938. The fourth-order valence-corrected chi connectivity index (χ4v) is 3.14. The van der Waals surface area contributed by atoms with Crippen LogP contribution in [0.3, 0.4) is 0 Å². The number of carbonyl (C=O) groups is 1. The van der Waals surface area contributed by atoms with E-state index >= 15 is 0 Å². The number of β-amino-alcohol motifs (C(OH)–C–C–N with tert-alkyl or cyclic N) is 1. The topological polar surface area (TPSA) is 66.3 Å². The van der Waals surface area contributed by atoms with E-state index in [0.29, 0.717) is 18.7 Å². The van der Waals surface area contributed by atoms with Crippen LogP contribution in [-0.4, -0.2) is 51.3 Å². The van der Waals surface area contributed by atoms with Crippen LogP contribution < -0.4 is 0 Å². The van der Waals surface area contributed by atoms with Gasteiger partial charge in [-0.2, -0.15) is 0 Å². The number of hydrogen-bond donors (Lipinski definition) is 1. The second-order valence-electron chi connectivity index (χ2n) is 5.75. The zero-order chi connectivity index (χ0) is 15.6. The number of aliphatic hydroxyl groups excluding tert-OH is 1. The number of likely N-dealkylation sites (tertiary alicyclic amines) is 1. The summed E-state index contributed by atoms with van der Waals surface area (Å²) in [6, 6.07) is 0. The molecule has 1 atom stereocenters. The number of aromatic nitrogens is 2. The molecule has 0 spiro atoms. The average molecular weight is 309 g/mol. The first-order chi connectivity index (χ1) is 9.93. The summed E-state index contributed by atoms with van der Waals surface area (Å²) in [4.78, 5) is 23.5. The fraction of sp³-hybridized carbons (Fsp3) is 0.667. The molecule has 0 aliphatic carbocycles. The molecule has 1 aliphatic heterocycles. The largest absolute Gasteiger partial charge is 0.391 e. The van der Waals surface area contributed by atoms with Crippen molar-refractivity contribution < 1.29 is 9.90 Å². The van der Waals surface area contributed by atoms with Crippen molar-refractivity contribution in [3.05, 3.63) is 17.1 Å². The van der Waals surface area contributed by atoms with E-state index in [0.717, 1.165) is 29.4 Å². The molecule has 0 radical (unpaired) electrons. The lowest BCUT2D eigenvalue weighted by atomic mass is 10.1. The zero-order valence-electron chi connectivity index (χ0n) is 13.1. The summed E-state index contributed by atoms with van der Waals surface area (Å²) >= 11 is 1.47. The van der Waals surface area contributed by atoms with Gasteiger partial charge in [0.1, 0.15) is 10.9 Å². The van der Waals surface area contributed by atoms with Crippen molar-refractivity contribution in [3.8, 4) is 0 Å². The highest BCUT2D eigenvalue weighted by Gasteiger charge is 2.27. The monoisotopic (exact) mass is 309 g/mol. The number of rotatable bonds is 3. The number of piperidine rings is 1. The van der Waals surface area contributed by atoms with Gasteiger partial charge in [0, 0.05) is 19.0 Å². The van der Waals surface area contributed by atoms with E-state index in [1.165, 1.54) is 11.8 Å². The Bertz CT molecular complexity index is 534. The first-order valence-corrected chi connectivity index (χ1v) is 8.56. The SMILES string of the molecule is CSc1nc(C(C)C)nc(C)c1C(=O)N1CCCC(O)C1. The van der Waals surface area contributed by atoms with E-state index in [1.54, 1.807) is 4.90 Å². The summed E-state index contributed by atoms with van der Waals surface area (Å²) in [6.07, 6.45) is 3.11. The molecule has 21 heavy (non-hydrogen) atoms. The predicted molar refractivity (Wildman–Crippen MR) is 83.8 cm³/mol. The van der Waals surface area contributed by atoms with Crippen LogP contribution in [0.15, 0.2) is 5.03 Å². The Morgan fingerprint density at radius 3 is 2.71 bits per heavy atom. The number of amides is 1. The van der Waals surface area contributed by atoms with Crippen molar-refractivity contribution in [1.29, 1.82) is 0 Å². The molecular weight excluding hydrogens is 286 g/mol. The molecule has 1 aromatic rings. The minimum absolute atomic E-state index is 0.0640. The molecule has 1 aliphatic rings. The molecule has 1 amide bonds. The molecule has 0 saturated carbocycles. The van der Waals surface area contributed by atoms with Gasteiger partial charge >= 0.3 is 0 Å². The molecule has 1 aromatic heterocycles. The molecule has 2 heterocycles. The molecule has 0 aromatic carbocycles. The molecule has 1 unspecified atom stereocenters. The second-order valence-corrected chi connectivity index (χ2v) is 6.55. The quantitative estimate of drug-likeness (QED) is 0.685. The molecule has 0 bridgehead atoms. The highest BCUT2D eigenvalue weighted by Crippen LogP contribution is 2.25. The number of nitrogens with zero attached hydrogens (tertiary/aromatic N) is 3. The minimum atomic E-state index is -0.420. The summed E-state index contributed by atoms with van der Waals surface area (Å²) in [5, 5.41) is 10.5. The molecule has 2 rings (SSSR count). The molecule has 116 valence electrons. The number of thioether (sulfide) groups is 1. The smallest absolute Gasteiger partial charge is 0.258 e. The van der Waals surface area contributed by atoms with Gasteiger partial charge in [0.25, 0.3) is 5.91 Å². The maximum atomic E-state index is 12.7. The maximum Gasteiger partial charge on any atom is 0.258 e. The number of aliphatic hydroxyl groups is 1. The van der Waals surface area contributed by atoms with Crippen molar-refractivity contribution >= 4 is 17.7 Å². The summed E-state index contributed by atoms with van der Waals surface area (Å²) < 4.78 is 0. The Labute approximate surface area is 130 Å². The van der Waals surface area contributed by atoms with Crippen LogP contribution in [-0.2, 0) is 0 Å². The first kappa shape index (κ1) is 16.2. The number of aryl methyl sites for hydroxylation is 1. The van der Waals surface area contributed by atoms with Crippen LogP contribution in [0.5, 0.6) is 0 Å². The molecule has 1 N–H and O–H groups in total. The Morgan fingerprint density at radius 1 is 1.43 bits per heavy atom. The van der Waals surface area contributed by atoms with Crippen LogP contribution in [0.4, 0.5) is 0 Å². The van der Waals surface area contributed by atoms with E-state index in [-0.39, 0.29) is 11.8 Å². The van der Waals surface area contributed by atoms with Crippen LogP contribution >= 0.6 is 11.8 Å². The lowest BCUT2D eigenvalue weighted by Crippen LogP contribution is -2.42. The Kier molecular flexibility index (Phi) is 5.22. The Morgan fingerprint density at radius 2 is 2.14 bits per heavy atom. The third kappa shape index (κ3) is 3.55. The third-order valence-corrected chi connectivity index (χ3v) is 4.36. The van der Waals surface area contributed by atoms with Gasteiger partial charge in [0.05, 0.1) is 17.4 Å². The van der Waals surface area contributed by atoms with E-state index in [2.05, 4.69) is 9.97 Å². The first-order valence-electron chi connectivity index (χ1n) is 7.34. The number of hydrogen-bond acceptors (Lipinski definition) is 5. The lowest BCUT2D eigenvalue weighted by molar-refractivity contribution is 0.0469. The van der Waals surface area contributed by atoms with Crippen molar-refractivity contribution in [2.24, 2.45) is 0 Å². The maximum absolute atomic E-state index is 12.7. The molecule has 1 fully saturated rings. The predicted octanol–water partition coefficient (Wildman–Crippen LogP) is 2.23. The summed E-state index contributed by atoms with van der Waals surface area (Å²) in [7, 11) is 0. The van der Waals surface area contributed by atoms with Gasteiger partial charge in [-0.15, -0.1) is 11.8 Å². The summed E-state index contributed by atoms with van der Waals surface area (Å²) in [6.45, 7) is 7.04. The van der Waals surface area contributed by atoms with Gasteiger partial charge in [0.2, 0.25) is 0 Å². The zero-order valence-corrected chi connectivity index (χ0v) is 13.9. The van der Waals surface area contributed by atoms with Crippen LogP contribution in [0.1, 0.15) is 54.5 Å².